The molecule has 0 bridgehead atoms. The smallest absolute Gasteiger partial charge is 0.408 e. The largest absolute Gasteiger partial charge is 0.468 e. The maximum atomic E-state index is 13.3. The van der Waals surface area contributed by atoms with Gasteiger partial charge in [-0.2, -0.15) is 0 Å². The Labute approximate surface area is 193 Å². The number of aliphatic hydroxyl groups excluding tert-OH is 1. The fraction of sp³-hybridized carbons (Fsp3) is 0.478. The van der Waals surface area contributed by atoms with Crippen molar-refractivity contribution >= 4 is 30.0 Å². The first-order valence-corrected chi connectivity index (χ1v) is 10.4. The van der Waals surface area contributed by atoms with Crippen LogP contribution in [0.2, 0.25) is 0 Å². The first-order chi connectivity index (χ1) is 15.4. The van der Waals surface area contributed by atoms with Crippen LogP contribution in [0.4, 0.5) is 4.79 Å². The number of nitrogens with zero attached hydrogens (tertiary/aromatic N) is 1. The highest BCUT2D eigenvalue weighted by molar-refractivity contribution is 5.93. The normalized spacial score (nSPS) is 12.7. The lowest BCUT2D eigenvalue weighted by Gasteiger charge is -2.33. The molecule has 3 amide bonds. The molecule has 1 aromatic carbocycles. The van der Waals surface area contributed by atoms with E-state index in [1.807, 2.05) is 0 Å². The van der Waals surface area contributed by atoms with Crippen molar-refractivity contribution in [3.8, 4) is 0 Å². The second-order valence-corrected chi connectivity index (χ2v) is 8.19. The van der Waals surface area contributed by atoms with Crippen LogP contribution in [-0.4, -0.2) is 72.3 Å². The summed E-state index contributed by atoms with van der Waals surface area (Å²) < 4.78 is 9.74. The van der Waals surface area contributed by atoms with E-state index in [0.717, 1.165) is 4.90 Å². The van der Waals surface area contributed by atoms with Crippen LogP contribution in [0.5, 0.6) is 0 Å². The summed E-state index contributed by atoms with van der Waals surface area (Å²) in [5.74, 6) is -1.95. The molecule has 10 nitrogen and oxygen atoms in total. The Balaban J connectivity index is 3.28. The highest BCUT2D eigenvalue weighted by Gasteiger charge is 2.34. The Bertz CT molecular complexity index is 864. The molecular weight excluding hydrogens is 430 g/mol. The molecule has 182 valence electrons. The van der Waals surface area contributed by atoms with Crippen molar-refractivity contribution in [3.63, 3.8) is 0 Å². The van der Waals surface area contributed by atoms with Gasteiger partial charge >= 0.3 is 12.1 Å². The highest BCUT2D eigenvalue weighted by Crippen LogP contribution is 2.24. The van der Waals surface area contributed by atoms with Gasteiger partial charge in [0.15, 0.2) is 0 Å². The quantitative estimate of drug-likeness (QED) is 0.447. The molecule has 2 atom stereocenters. The Morgan fingerprint density at radius 3 is 2.45 bits per heavy atom. The van der Waals surface area contributed by atoms with Gasteiger partial charge in [-0.1, -0.05) is 30.9 Å². The third kappa shape index (κ3) is 8.93. The summed E-state index contributed by atoms with van der Waals surface area (Å²) in [6, 6.07) is 4.50. The van der Waals surface area contributed by atoms with Crippen molar-refractivity contribution in [2.75, 3.05) is 26.8 Å². The van der Waals surface area contributed by atoms with E-state index in [0.29, 0.717) is 11.1 Å². The molecule has 0 fully saturated rings. The Hall–Kier alpha value is -3.40. The van der Waals surface area contributed by atoms with Crippen molar-refractivity contribution in [3.05, 3.63) is 42.0 Å². The van der Waals surface area contributed by atoms with Crippen LogP contribution in [0.15, 0.2) is 30.8 Å². The number of carbonyl (C=O) groups is 4. The van der Waals surface area contributed by atoms with Crippen molar-refractivity contribution < 1.29 is 33.8 Å². The van der Waals surface area contributed by atoms with Gasteiger partial charge in [0.2, 0.25) is 11.8 Å². The van der Waals surface area contributed by atoms with Gasteiger partial charge in [0.05, 0.1) is 13.7 Å². The molecule has 0 aromatic heterocycles. The number of amides is 3. The molecule has 0 saturated carbocycles. The number of benzene rings is 1. The summed E-state index contributed by atoms with van der Waals surface area (Å²) in [7, 11) is 1.19. The van der Waals surface area contributed by atoms with Crippen molar-refractivity contribution in [1.29, 1.82) is 0 Å². The predicted octanol–water partition coefficient (Wildman–Crippen LogP) is 1.39. The van der Waals surface area contributed by atoms with Gasteiger partial charge < -0.3 is 30.1 Å². The summed E-state index contributed by atoms with van der Waals surface area (Å²) in [6.45, 7) is 9.17. The van der Waals surface area contributed by atoms with E-state index in [9.17, 15) is 24.3 Å². The molecule has 1 aromatic rings. The summed E-state index contributed by atoms with van der Waals surface area (Å²) >= 11 is 0. The van der Waals surface area contributed by atoms with Crippen LogP contribution in [0.3, 0.4) is 0 Å². The zero-order valence-corrected chi connectivity index (χ0v) is 19.7. The number of alkyl carbamates (subject to hydrolysis) is 1. The third-order valence-corrected chi connectivity index (χ3v) is 4.38. The minimum Gasteiger partial charge on any atom is -0.468 e. The van der Waals surface area contributed by atoms with Gasteiger partial charge in [0.1, 0.15) is 24.2 Å². The van der Waals surface area contributed by atoms with Crippen LogP contribution in [-0.2, 0) is 23.9 Å². The molecule has 0 radical (unpaired) electrons. The maximum absolute atomic E-state index is 13.3. The SMILES string of the molecule is C=Cc1cccc(C(C(=O)NCC(=O)OC)N(CCO)C(=O)C(C)NC(=O)OC(C)(C)C)c1. The fourth-order valence-electron chi connectivity index (χ4n) is 2.93. The van der Waals surface area contributed by atoms with Crippen LogP contribution in [0.1, 0.15) is 44.9 Å². The first kappa shape index (κ1) is 27.6. The number of hydrogen-bond donors (Lipinski definition) is 3. The molecule has 0 aliphatic heterocycles. The lowest BCUT2D eigenvalue weighted by molar-refractivity contribution is -0.145. The summed E-state index contributed by atoms with van der Waals surface area (Å²) in [5, 5.41) is 14.5. The number of esters is 1. The van der Waals surface area contributed by atoms with Crippen molar-refractivity contribution in [2.45, 2.75) is 45.4 Å². The fourth-order valence-corrected chi connectivity index (χ4v) is 2.93. The number of hydrogen-bond acceptors (Lipinski definition) is 7. The van der Waals surface area contributed by atoms with E-state index in [2.05, 4.69) is 21.9 Å². The standard InChI is InChI=1S/C23H33N3O7/c1-7-16-9-8-10-17(13-16)19(20(29)24-14-18(28)32-6)26(11-12-27)21(30)15(2)25-22(31)33-23(3,4)5/h7-10,13,15,19,27H,1,11-12,14H2,2-6H3,(H,24,29)(H,25,31). The number of nitrogens with one attached hydrogen (secondary N) is 2. The Morgan fingerprint density at radius 2 is 1.91 bits per heavy atom. The van der Waals surface area contributed by atoms with Crippen LogP contribution in [0, 0.1) is 0 Å². The van der Waals surface area contributed by atoms with Gasteiger partial charge in [-0.05, 0) is 44.9 Å². The molecule has 3 N–H and O–H groups in total. The van der Waals surface area contributed by atoms with Gasteiger partial charge in [-0.15, -0.1) is 0 Å². The summed E-state index contributed by atoms with van der Waals surface area (Å²) in [4.78, 5) is 51.1. The summed E-state index contributed by atoms with van der Waals surface area (Å²) in [5.41, 5.74) is 0.370. The van der Waals surface area contributed by atoms with E-state index in [1.54, 1.807) is 51.1 Å². The van der Waals surface area contributed by atoms with E-state index in [-0.39, 0.29) is 6.54 Å². The topological polar surface area (TPSA) is 134 Å². The molecule has 33 heavy (non-hydrogen) atoms. The average molecular weight is 464 g/mol. The zero-order valence-electron chi connectivity index (χ0n) is 19.7. The second kappa shape index (κ2) is 12.6. The lowest BCUT2D eigenvalue weighted by Crippen LogP contribution is -2.53. The van der Waals surface area contributed by atoms with Crippen LogP contribution in [0.25, 0.3) is 6.08 Å². The molecule has 2 unspecified atom stereocenters. The molecular formula is C23H33N3O7. The Kier molecular flexibility index (Phi) is 10.5. The first-order valence-electron chi connectivity index (χ1n) is 10.4. The molecule has 0 saturated heterocycles. The Morgan fingerprint density at radius 1 is 1.24 bits per heavy atom. The summed E-state index contributed by atoms with van der Waals surface area (Å²) in [6.07, 6.45) is 0.783. The molecule has 0 aliphatic rings. The molecule has 10 heteroatoms. The molecule has 0 spiro atoms. The van der Waals surface area contributed by atoms with Gasteiger partial charge in [-0.3, -0.25) is 14.4 Å². The lowest BCUT2D eigenvalue weighted by atomic mass is 10.0. The zero-order chi connectivity index (χ0) is 25.2. The number of rotatable bonds is 10. The number of ether oxygens (including phenoxy) is 2. The van der Waals surface area contributed by atoms with E-state index in [1.165, 1.54) is 14.0 Å². The van der Waals surface area contributed by atoms with E-state index in [4.69, 9.17) is 4.74 Å². The maximum Gasteiger partial charge on any atom is 0.408 e. The third-order valence-electron chi connectivity index (χ3n) is 4.38. The van der Waals surface area contributed by atoms with Crippen LogP contribution >= 0.6 is 0 Å². The van der Waals surface area contributed by atoms with E-state index < -0.39 is 54.7 Å². The monoisotopic (exact) mass is 463 g/mol. The molecule has 0 heterocycles. The van der Waals surface area contributed by atoms with Crippen LogP contribution < -0.4 is 10.6 Å². The molecule has 0 aliphatic carbocycles. The van der Waals surface area contributed by atoms with E-state index >= 15 is 0 Å². The van der Waals surface area contributed by atoms with Crippen molar-refractivity contribution in [2.24, 2.45) is 0 Å². The minimum absolute atomic E-state index is 0.201. The minimum atomic E-state index is -1.20. The number of methoxy groups -OCH3 is 1. The number of carbonyl (C=O) groups excluding carboxylic acids is 4. The van der Waals surface area contributed by atoms with Gasteiger partial charge in [0.25, 0.3) is 0 Å². The number of aliphatic hydroxyl groups is 1. The second-order valence-electron chi connectivity index (χ2n) is 8.19. The van der Waals surface area contributed by atoms with Crippen molar-refractivity contribution in [1.82, 2.24) is 15.5 Å². The van der Waals surface area contributed by atoms with Gasteiger partial charge in [0, 0.05) is 6.54 Å². The highest BCUT2D eigenvalue weighted by atomic mass is 16.6. The average Bonchev–Trinajstić information content (AvgIpc) is 2.75. The molecule has 1 rings (SSSR count). The van der Waals surface area contributed by atoms with Gasteiger partial charge in [-0.25, -0.2) is 4.79 Å². The predicted molar refractivity (Wildman–Crippen MR) is 122 cm³/mol.